The van der Waals surface area contributed by atoms with Crippen molar-refractivity contribution in [3.8, 4) is 45.3 Å². The molecule has 0 amide bonds. The minimum atomic E-state index is 0. The number of aromatic hydroxyl groups is 1. The zero-order valence-electron chi connectivity index (χ0n) is 25.7. The van der Waals surface area contributed by atoms with Gasteiger partial charge in [0.15, 0.2) is 0 Å². The summed E-state index contributed by atoms with van der Waals surface area (Å²) in [4.78, 5) is 10.3. The summed E-state index contributed by atoms with van der Waals surface area (Å²) in [5, 5.41) is 12.7. The molecule has 7 rings (SSSR count). The molecule has 1 N–H and O–H groups in total. The van der Waals surface area contributed by atoms with Crippen LogP contribution < -0.4 is 0 Å². The number of fused-ring (bicyclic) bond motifs is 2. The monoisotopic (exact) mass is 767 g/mol. The van der Waals surface area contributed by atoms with Crippen LogP contribution in [0.15, 0.2) is 115 Å². The second kappa shape index (κ2) is 12.5. The first-order chi connectivity index (χ1) is 21.4. The van der Waals surface area contributed by atoms with Gasteiger partial charge in [-0.25, -0.2) is 0 Å². The van der Waals surface area contributed by atoms with Crippen LogP contribution in [0.25, 0.3) is 61.4 Å². The van der Waals surface area contributed by atoms with Crippen molar-refractivity contribution in [3.05, 3.63) is 132 Å². The number of benzene rings is 5. The summed E-state index contributed by atoms with van der Waals surface area (Å²) in [5.74, 6) is 1.73. The van der Waals surface area contributed by atoms with Gasteiger partial charge < -0.3 is 9.67 Å². The van der Waals surface area contributed by atoms with Gasteiger partial charge in [0, 0.05) is 38.0 Å². The molecule has 226 valence electrons. The van der Waals surface area contributed by atoms with Crippen molar-refractivity contribution in [1.29, 1.82) is 0 Å². The van der Waals surface area contributed by atoms with Crippen LogP contribution in [0.5, 0.6) is 5.75 Å². The number of hydrogen-bond donors (Lipinski definition) is 1. The van der Waals surface area contributed by atoms with E-state index in [1.54, 1.807) is 6.07 Å². The van der Waals surface area contributed by atoms with Crippen LogP contribution in [0.2, 0.25) is 0 Å². The Morgan fingerprint density at radius 1 is 0.667 bits per heavy atom. The van der Waals surface area contributed by atoms with E-state index in [1.165, 1.54) is 16.8 Å². The van der Waals surface area contributed by atoms with Gasteiger partial charge >= 0.3 is 0 Å². The summed E-state index contributed by atoms with van der Waals surface area (Å²) in [6, 6.07) is 42.6. The molecule has 0 fully saturated rings. The van der Waals surface area contributed by atoms with Gasteiger partial charge in [-0.3, -0.25) is 9.97 Å². The van der Waals surface area contributed by atoms with Gasteiger partial charge in [-0.2, -0.15) is 0 Å². The minimum absolute atomic E-state index is 0. The van der Waals surface area contributed by atoms with Crippen LogP contribution in [0.4, 0.5) is 0 Å². The third-order valence-corrected chi connectivity index (χ3v) is 8.34. The molecule has 0 radical (unpaired) electrons. The van der Waals surface area contributed by atoms with E-state index < -0.39 is 0 Å². The Kier molecular flexibility index (Phi) is 8.44. The molecule has 0 aliphatic rings. The molecular weight excluding hydrogens is 734 g/mol. The van der Waals surface area contributed by atoms with E-state index in [-0.39, 0.29) is 26.8 Å². The SMILES string of the molecule is CC(C)c1cccc(C(C)C)c1-n1c(-c2[c-]c(-c3nc(-c4ccccc4O)cc4ccccc34)ccc2)nc2ccccc21.[Pt]. The van der Waals surface area contributed by atoms with Crippen molar-refractivity contribution in [2.24, 2.45) is 0 Å². The first kappa shape index (κ1) is 30.5. The number of rotatable bonds is 6. The maximum Gasteiger partial charge on any atom is 0.124 e. The summed E-state index contributed by atoms with van der Waals surface area (Å²) in [7, 11) is 0. The van der Waals surface area contributed by atoms with Crippen molar-refractivity contribution >= 4 is 21.8 Å². The Bertz CT molecular complexity index is 2140. The maximum atomic E-state index is 10.7. The smallest absolute Gasteiger partial charge is 0.124 e. The van der Waals surface area contributed by atoms with E-state index in [2.05, 4.69) is 105 Å². The molecular formula is C40H34N3OPt-. The summed E-state index contributed by atoms with van der Waals surface area (Å²) in [5.41, 5.74) is 9.79. The number of nitrogens with zero attached hydrogens (tertiary/aromatic N) is 3. The fourth-order valence-corrected chi connectivity index (χ4v) is 6.17. The number of aromatic nitrogens is 3. The maximum absolute atomic E-state index is 10.7. The first-order valence-electron chi connectivity index (χ1n) is 15.2. The van der Waals surface area contributed by atoms with Gasteiger partial charge in [0.2, 0.25) is 0 Å². The zero-order chi connectivity index (χ0) is 30.4. The summed E-state index contributed by atoms with van der Waals surface area (Å²) in [6.07, 6.45) is 0. The van der Waals surface area contributed by atoms with E-state index in [9.17, 15) is 5.11 Å². The molecule has 0 aliphatic carbocycles. The molecule has 0 bridgehead atoms. The van der Waals surface area contributed by atoms with E-state index in [0.29, 0.717) is 17.4 Å². The van der Waals surface area contributed by atoms with Gasteiger partial charge in [-0.1, -0.05) is 106 Å². The molecule has 45 heavy (non-hydrogen) atoms. The van der Waals surface area contributed by atoms with Crippen molar-refractivity contribution in [2.45, 2.75) is 39.5 Å². The number of imidazole rings is 1. The van der Waals surface area contributed by atoms with Crippen LogP contribution in [-0.2, 0) is 21.1 Å². The van der Waals surface area contributed by atoms with Crippen LogP contribution >= 0.6 is 0 Å². The standard InChI is InChI=1S/C40H34N3O.Pt/c1-25(2)30-18-12-19-31(26(3)4)39(30)43-36-21-9-8-20-34(36)42-40(43)29-15-11-14-28(23-29)38-32-16-6-5-13-27(32)24-35(41-38)33-17-7-10-22-37(33)44;/h5-22,24-26,44H,1-4H3;/q-1;. The van der Waals surface area contributed by atoms with E-state index in [4.69, 9.17) is 9.97 Å². The molecule has 2 aromatic heterocycles. The Hall–Kier alpha value is -4.53. The molecule has 5 heteroatoms. The molecule has 0 spiro atoms. The predicted molar refractivity (Wildman–Crippen MR) is 181 cm³/mol. The molecule has 0 aliphatic heterocycles. The molecule has 0 saturated heterocycles. The molecule has 0 atom stereocenters. The minimum Gasteiger partial charge on any atom is -0.507 e. The topological polar surface area (TPSA) is 50.9 Å². The summed E-state index contributed by atoms with van der Waals surface area (Å²) >= 11 is 0. The average Bonchev–Trinajstić information content (AvgIpc) is 3.43. The molecule has 2 heterocycles. The predicted octanol–water partition coefficient (Wildman–Crippen LogP) is 10.3. The summed E-state index contributed by atoms with van der Waals surface area (Å²) in [6.45, 7) is 9.01. The second-order valence-electron chi connectivity index (χ2n) is 11.9. The Morgan fingerprint density at radius 3 is 2.07 bits per heavy atom. The number of phenolic OH excluding ortho intramolecular Hbond substituents is 1. The molecule has 4 nitrogen and oxygen atoms in total. The quantitative estimate of drug-likeness (QED) is 0.172. The Morgan fingerprint density at radius 2 is 1.31 bits per heavy atom. The van der Waals surface area contributed by atoms with Gasteiger partial charge in [-0.15, -0.1) is 24.3 Å². The number of phenols is 1. The molecule has 5 aromatic carbocycles. The Labute approximate surface area is 278 Å². The summed E-state index contributed by atoms with van der Waals surface area (Å²) < 4.78 is 2.33. The normalized spacial score (nSPS) is 11.4. The van der Waals surface area contributed by atoms with Crippen LogP contribution in [0.3, 0.4) is 0 Å². The van der Waals surface area contributed by atoms with Crippen molar-refractivity contribution < 1.29 is 26.2 Å². The number of pyridine rings is 1. The van der Waals surface area contributed by atoms with Gasteiger partial charge in [0.1, 0.15) is 5.75 Å². The zero-order valence-corrected chi connectivity index (χ0v) is 28.0. The van der Waals surface area contributed by atoms with Crippen LogP contribution in [0.1, 0.15) is 50.7 Å². The average molecular weight is 768 g/mol. The third kappa shape index (κ3) is 5.49. The van der Waals surface area contributed by atoms with E-state index in [1.807, 2.05) is 42.5 Å². The Balaban J connectivity index is 0.00000357. The number of para-hydroxylation sites is 4. The largest absolute Gasteiger partial charge is 0.507 e. The third-order valence-electron chi connectivity index (χ3n) is 8.34. The van der Waals surface area contributed by atoms with E-state index >= 15 is 0 Å². The van der Waals surface area contributed by atoms with E-state index in [0.717, 1.165) is 50.1 Å². The van der Waals surface area contributed by atoms with Gasteiger partial charge in [0.25, 0.3) is 0 Å². The van der Waals surface area contributed by atoms with Gasteiger partial charge in [0.05, 0.1) is 22.6 Å². The van der Waals surface area contributed by atoms with Crippen molar-refractivity contribution in [2.75, 3.05) is 0 Å². The molecule has 0 saturated carbocycles. The van der Waals surface area contributed by atoms with Crippen LogP contribution in [-0.4, -0.2) is 19.6 Å². The number of hydrogen-bond acceptors (Lipinski definition) is 3. The second-order valence-corrected chi connectivity index (χ2v) is 11.9. The van der Waals surface area contributed by atoms with Gasteiger partial charge in [-0.05, 0) is 64.1 Å². The van der Waals surface area contributed by atoms with Crippen molar-refractivity contribution in [3.63, 3.8) is 0 Å². The fourth-order valence-electron chi connectivity index (χ4n) is 6.17. The first-order valence-corrected chi connectivity index (χ1v) is 15.2. The van der Waals surface area contributed by atoms with Crippen LogP contribution in [0, 0.1) is 6.07 Å². The van der Waals surface area contributed by atoms with Crippen molar-refractivity contribution in [1.82, 2.24) is 14.5 Å². The molecule has 0 unspecified atom stereocenters. The molecule has 7 aromatic rings. The fraction of sp³-hybridized carbons (Fsp3) is 0.150.